The molecule has 0 spiro atoms. The van der Waals surface area contributed by atoms with Crippen molar-refractivity contribution >= 4 is 23.9 Å². The highest BCUT2D eigenvalue weighted by molar-refractivity contribution is 5.73. The third-order valence-electron chi connectivity index (χ3n) is 4.10. The third-order valence-corrected chi connectivity index (χ3v) is 4.10. The molecule has 0 heterocycles. The van der Waals surface area contributed by atoms with Gasteiger partial charge >= 0.3 is 23.9 Å². The lowest BCUT2D eigenvalue weighted by Gasteiger charge is -2.33. The number of carboxylic acids is 4. The van der Waals surface area contributed by atoms with E-state index in [4.69, 9.17) is 21.4 Å². The molecule has 11 nitrogen and oxygen atoms in total. The van der Waals surface area contributed by atoms with Crippen LogP contribution in [0.1, 0.15) is 5.56 Å². The number of rotatable bonds is 15. The van der Waals surface area contributed by atoms with Crippen molar-refractivity contribution in [3.63, 3.8) is 0 Å². The highest BCUT2D eigenvalue weighted by Crippen LogP contribution is 2.16. The summed E-state index contributed by atoms with van der Waals surface area (Å²) in [5, 5.41) is 36.5. The quantitative estimate of drug-likeness (QED) is 0.263. The first kappa shape index (κ1) is 25.4. The highest BCUT2D eigenvalue weighted by atomic mass is 16.5. The number of carbonyl (C=O) groups is 4. The summed E-state index contributed by atoms with van der Waals surface area (Å²) in [5.41, 5.74) is 0.685. The molecular formula is C20H24N2O9. The Morgan fingerprint density at radius 3 is 1.77 bits per heavy atom. The van der Waals surface area contributed by atoms with Crippen LogP contribution in [0.2, 0.25) is 0 Å². The highest BCUT2D eigenvalue weighted by Gasteiger charge is 2.27. The van der Waals surface area contributed by atoms with Crippen LogP contribution in [-0.2, 0) is 25.6 Å². The van der Waals surface area contributed by atoms with E-state index >= 15 is 0 Å². The fourth-order valence-corrected chi connectivity index (χ4v) is 2.96. The zero-order valence-corrected chi connectivity index (χ0v) is 16.6. The first-order valence-electron chi connectivity index (χ1n) is 9.09. The van der Waals surface area contributed by atoms with Crippen LogP contribution in [0.4, 0.5) is 0 Å². The number of benzene rings is 1. The van der Waals surface area contributed by atoms with E-state index in [0.29, 0.717) is 11.3 Å². The normalized spacial score (nSPS) is 11.6. The Bertz CT molecular complexity index is 785. The third kappa shape index (κ3) is 10.6. The molecule has 0 amide bonds. The minimum absolute atomic E-state index is 0.0757. The summed E-state index contributed by atoms with van der Waals surface area (Å²) in [6.45, 7) is -2.53. The van der Waals surface area contributed by atoms with E-state index in [1.165, 1.54) is 0 Å². The first-order chi connectivity index (χ1) is 14.6. The minimum atomic E-state index is -1.27. The smallest absolute Gasteiger partial charge is 0.317 e. The van der Waals surface area contributed by atoms with Crippen molar-refractivity contribution in [2.45, 2.75) is 12.5 Å². The van der Waals surface area contributed by atoms with Gasteiger partial charge in [-0.2, -0.15) is 0 Å². The van der Waals surface area contributed by atoms with Gasteiger partial charge in [-0.3, -0.25) is 29.0 Å². The molecule has 0 radical (unpaired) electrons. The Balaban J connectivity index is 3.15. The molecule has 0 saturated carbocycles. The Morgan fingerprint density at radius 2 is 1.35 bits per heavy atom. The molecule has 0 aliphatic carbocycles. The van der Waals surface area contributed by atoms with E-state index in [9.17, 15) is 29.4 Å². The molecule has 1 aromatic carbocycles. The van der Waals surface area contributed by atoms with Gasteiger partial charge in [0.2, 0.25) is 0 Å². The summed E-state index contributed by atoms with van der Waals surface area (Å²) in [6.07, 6.45) is 5.28. The number of terminal acetylenes is 1. The van der Waals surface area contributed by atoms with E-state index in [-0.39, 0.29) is 19.6 Å². The lowest BCUT2D eigenvalue weighted by Crippen LogP contribution is -2.50. The van der Waals surface area contributed by atoms with Crippen LogP contribution >= 0.6 is 0 Å². The van der Waals surface area contributed by atoms with Crippen LogP contribution in [0.5, 0.6) is 5.75 Å². The fourth-order valence-electron chi connectivity index (χ4n) is 2.96. The summed E-state index contributed by atoms with van der Waals surface area (Å²) in [7, 11) is 0. The van der Waals surface area contributed by atoms with Gasteiger partial charge in [0.05, 0.1) is 26.2 Å². The first-order valence-corrected chi connectivity index (χ1v) is 9.09. The number of aliphatic carboxylic acids is 4. The predicted octanol–water partition coefficient (Wildman–Crippen LogP) is -0.448. The van der Waals surface area contributed by atoms with Crippen LogP contribution < -0.4 is 4.74 Å². The van der Waals surface area contributed by atoms with Gasteiger partial charge in [-0.15, -0.1) is 6.42 Å². The molecule has 0 fully saturated rings. The maximum Gasteiger partial charge on any atom is 0.317 e. The van der Waals surface area contributed by atoms with Gasteiger partial charge in [0, 0.05) is 12.6 Å². The zero-order chi connectivity index (χ0) is 23.4. The zero-order valence-electron chi connectivity index (χ0n) is 16.6. The number of ether oxygens (including phenoxy) is 1. The second-order valence-electron chi connectivity index (χ2n) is 6.64. The molecule has 4 N–H and O–H groups in total. The topological polar surface area (TPSA) is 165 Å². The second-order valence-corrected chi connectivity index (χ2v) is 6.64. The van der Waals surface area contributed by atoms with Crippen molar-refractivity contribution in [2.75, 3.05) is 39.3 Å². The molecule has 1 rings (SSSR count). The van der Waals surface area contributed by atoms with Gasteiger partial charge in [-0.1, -0.05) is 18.1 Å². The van der Waals surface area contributed by atoms with Gasteiger partial charge in [-0.25, -0.2) is 0 Å². The average molecular weight is 436 g/mol. The lowest BCUT2D eigenvalue weighted by molar-refractivity contribution is -0.146. The minimum Gasteiger partial charge on any atom is -0.481 e. The van der Waals surface area contributed by atoms with Crippen LogP contribution in [0, 0.1) is 12.3 Å². The SMILES string of the molecule is C#CCOc1ccc(CC(CN(CC(=O)O)CC(=O)O)N(CC(=O)O)CC(=O)O)cc1. The molecule has 0 bridgehead atoms. The van der Waals surface area contributed by atoms with Crippen molar-refractivity contribution in [3.05, 3.63) is 29.8 Å². The molecule has 0 aliphatic heterocycles. The maximum atomic E-state index is 11.3. The summed E-state index contributed by atoms with van der Waals surface area (Å²) in [4.78, 5) is 47.0. The average Bonchev–Trinajstić information content (AvgIpc) is 2.64. The maximum absolute atomic E-state index is 11.3. The summed E-state index contributed by atoms with van der Waals surface area (Å²) >= 11 is 0. The van der Waals surface area contributed by atoms with Crippen LogP contribution in [-0.4, -0.2) is 99.5 Å². The molecule has 11 heteroatoms. The number of nitrogens with zero attached hydrogens (tertiary/aromatic N) is 2. The molecule has 1 unspecified atom stereocenters. The van der Waals surface area contributed by atoms with Gasteiger partial charge in [0.15, 0.2) is 0 Å². The van der Waals surface area contributed by atoms with Crippen molar-refractivity contribution in [3.8, 4) is 18.1 Å². The molecule has 0 aliphatic rings. The Labute approximate surface area is 178 Å². The summed E-state index contributed by atoms with van der Waals surface area (Å²) in [6, 6.07) is 5.83. The van der Waals surface area contributed by atoms with E-state index in [2.05, 4.69) is 5.92 Å². The molecule has 31 heavy (non-hydrogen) atoms. The monoisotopic (exact) mass is 436 g/mol. The van der Waals surface area contributed by atoms with Crippen molar-refractivity contribution in [2.24, 2.45) is 0 Å². The Kier molecular flexibility index (Phi) is 10.5. The van der Waals surface area contributed by atoms with E-state index in [1.54, 1.807) is 24.3 Å². The largest absolute Gasteiger partial charge is 0.481 e. The van der Waals surface area contributed by atoms with Crippen molar-refractivity contribution in [1.29, 1.82) is 0 Å². The molecule has 1 atom stereocenters. The van der Waals surface area contributed by atoms with Gasteiger partial charge < -0.3 is 25.2 Å². The summed E-state index contributed by atoms with van der Waals surface area (Å²) in [5.74, 6) is -2.24. The fraction of sp³-hybridized carbons (Fsp3) is 0.400. The molecule has 0 saturated heterocycles. The Hall–Kier alpha value is -3.62. The summed E-state index contributed by atoms with van der Waals surface area (Å²) < 4.78 is 5.28. The van der Waals surface area contributed by atoms with Crippen molar-refractivity contribution in [1.82, 2.24) is 9.80 Å². The van der Waals surface area contributed by atoms with Gasteiger partial charge in [0.1, 0.15) is 12.4 Å². The lowest BCUT2D eigenvalue weighted by atomic mass is 10.0. The van der Waals surface area contributed by atoms with E-state index in [0.717, 1.165) is 9.80 Å². The second kappa shape index (κ2) is 12.8. The van der Waals surface area contributed by atoms with E-state index in [1.807, 2.05) is 0 Å². The number of hydrogen-bond donors (Lipinski definition) is 4. The molecule has 1 aromatic rings. The van der Waals surface area contributed by atoms with Gasteiger partial charge in [-0.05, 0) is 24.1 Å². The molecule has 168 valence electrons. The van der Waals surface area contributed by atoms with Crippen LogP contribution in [0.3, 0.4) is 0 Å². The number of hydrogen-bond acceptors (Lipinski definition) is 7. The standard InChI is InChI=1S/C20H24N2O9/c1-2-7-31-16-5-3-14(4-6-16)8-15(22(12-19(27)28)13-20(29)30)9-21(10-17(23)24)11-18(25)26/h1,3-6,15H,7-13H2,(H,23,24)(H,25,26)(H,27,28)(H,29,30). The number of carboxylic acid groups (broad SMARTS) is 4. The molecular weight excluding hydrogens is 412 g/mol. The molecule has 0 aromatic heterocycles. The van der Waals surface area contributed by atoms with E-state index < -0.39 is 56.1 Å². The van der Waals surface area contributed by atoms with Crippen molar-refractivity contribution < 1.29 is 44.3 Å². The predicted molar refractivity (Wildman–Crippen MR) is 107 cm³/mol. The van der Waals surface area contributed by atoms with Crippen LogP contribution in [0.25, 0.3) is 0 Å². The Morgan fingerprint density at radius 1 is 0.871 bits per heavy atom. The van der Waals surface area contributed by atoms with Gasteiger partial charge in [0.25, 0.3) is 0 Å². The van der Waals surface area contributed by atoms with Crippen LogP contribution in [0.15, 0.2) is 24.3 Å².